The highest BCUT2D eigenvalue weighted by molar-refractivity contribution is 7.13. The summed E-state index contributed by atoms with van der Waals surface area (Å²) in [6.45, 7) is 4.66. The van der Waals surface area contributed by atoms with Gasteiger partial charge in [0.1, 0.15) is 11.0 Å². The van der Waals surface area contributed by atoms with Crippen molar-refractivity contribution in [1.29, 1.82) is 0 Å². The molecule has 0 radical (unpaired) electrons. The Labute approximate surface area is 141 Å². The first-order valence-corrected chi connectivity index (χ1v) is 9.52. The fourth-order valence-electron chi connectivity index (χ4n) is 3.60. The summed E-state index contributed by atoms with van der Waals surface area (Å²) in [5, 5.41) is 7.42. The molecule has 1 saturated heterocycles. The molecule has 1 aliphatic carbocycles. The van der Waals surface area contributed by atoms with Gasteiger partial charge in [-0.1, -0.05) is 0 Å². The summed E-state index contributed by atoms with van der Waals surface area (Å²) in [5.74, 6) is 0.924. The lowest BCUT2D eigenvalue weighted by molar-refractivity contribution is 0.0950. The number of piperidine rings is 1. The predicted octanol–water partition coefficient (Wildman–Crippen LogP) is 2.86. The molecule has 1 saturated carbocycles. The van der Waals surface area contributed by atoms with Crippen LogP contribution in [0.2, 0.25) is 0 Å². The molecule has 1 amide bonds. The zero-order valence-corrected chi connectivity index (χ0v) is 14.6. The van der Waals surface area contributed by atoms with E-state index < -0.39 is 6.17 Å². The van der Waals surface area contributed by atoms with E-state index in [1.54, 1.807) is 0 Å². The summed E-state index contributed by atoms with van der Waals surface area (Å²) in [5.41, 5.74) is 0.825. The van der Waals surface area contributed by atoms with Crippen molar-refractivity contribution in [2.45, 2.75) is 51.6 Å². The second-order valence-electron chi connectivity index (χ2n) is 6.91. The van der Waals surface area contributed by atoms with Crippen molar-refractivity contribution in [3.05, 3.63) is 15.6 Å². The highest BCUT2D eigenvalue weighted by atomic mass is 32.1. The van der Waals surface area contributed by atoms with Crippen LogP contribution in [-0.4, -0.2) is 36.7 Å². The van der Waals surface area contributed by atoms with Gasteiger partial charge in [0.2, 0.25) is 0 Å². The van der Waals surface area contributed by atoms with Crippen LogP contribution in [0, 0.1) is 18.8 Å². The first kappa shape index (κ1) is 16.8. The number of aromatic nitrogens is 1. The van der Waals surface area contributed by atoms with Crippen LogP contribution in [0.1, 0.15) is 52.5 Å². The number of alkyl halides is 1. The van der Waals surface area contributed by atoms with Gasteiger partial charge in [0.25, 0.3) is 5.91 Å². The van der Waals surface area contributed by atoms with Gasteiger partial charge < -0.3 is 10.6 Å². The Morgan fingerprint density at radius 2 is 2.09 bits per heavy atom. The van der Waals surface area contributed by atoms with E-state index in [0.717, 1.165) is 41.5 Å². The number of amides is 1. The summed E-state index contributed by atoms with van der Waals surface area (Å²) < 4.78 is 13.2. The lowest BCUT2D eigenvalue weighted by Gasteiger charge is -2.21. The first-order chi connectivity index (χ1) is 11.1. The molecule has 0 bridgehead atoms. The molecule has 23 heavy (non-hydrogen) atoms. The Bertz CT molecular complexity index is 542. The van der Waals surface area contributed by atoms with Crippen molar-refractivity contribution in [3.8, 4) is 0 Å². The van der Waals surface area contributed by atoms with Gasteiger partial charge in [-0.2, -0.15) is 0 Å². The average Bonchev–Trinajstić information content (AvgIpc) is 3.12. The minimum absolute atomic E-state index is 0.0427. The summed E-state index contributed by atoms with van der Waals surface area (Å²) in [4.78, 5) is 17.7. The molecule has 6 heteroatoms. The van der Waals surface area contributed by atoms with Crippen molar-refractivity contribution >= 4 is 17.2 Å². The number of carbonyl (C=O) groups excluding carboxylic acids is 1. The first-order valence-electron chi connectivity index (χ1n) is 8.71. The molecule has 0 spiro atoms. The number of thiazole rings is 1. The molecule has 1 aromatic rings. The van der Waals surface area contributed by atoms with E-state index >= 15 is 0 Å². The molecule has 128 valence electrons. The molecule has 2 heterocycles. The van der Waals surface area contributed by atoms with E-state index in [9.17, 15) is 9.18 Å². The van der Waals surface area contributed by atoms with E-state index in [-0.39, 0.29) is 11.8 Å². The highest BCUT2D eigenvalue weighted by Crippen LogP contribution is 2.28. The lowest BCUT2D eigenvalue weighted by atomic mass is 9.95. The maximum atomic E-state index is 13.2. The van der Waals surface area contributed by atoms with Gasteiger partial charge >= 0.3 is 0 Å². The zero-order valence-electron chi connectivity index (χ0n) is 13.7. The molecule has 2 N–H and O–H groups in total. The lowest BCUT2D eigenvalue weighted by Crippen LogP contribution is -2.28. The Hall–Kier alpha value is -1.01. The van der Waals surface area contributed by atoms with Crippen LogP contribution in [0.15, 0.2) is 0 Å². The molecule has 1 aliphatic heterocycles. The maximum absolute atomic E-state index is 13.2. The van der Waals surface area contributed by atoms with Gasteiger partial charge in [0.05, 0.1) is 10.7 Å². The molecular formula is C17H26FN3OS. The van der Waals surface area contributed by atoms with Crippen LogP contribution < -0.4 is 10.6 Å². The third-order valence-electron chi connectivity index (χ3n) is 5.00. The fraction of sp³-hybridized carbons (Fsp3) is 0.765. The monoisotopic (exact) mass is 339 g/mol. The molecule has 2 fully saturated rings. The maximum Gasteiger partial charge on any atom is 0.263 e. The minimum atomic E-state index is -0.682. The summed E-state index contributed by atoms with van der Waals surface area (Å²) in [6.07, 6.45) is 4.78. The van der Waals surface area contributed by atoms with Gasteiger partial charge in [-0.05, 0) is 64.0 Å². The number of halogens is 1. The number of hydrogen-bond donors (Lipinski definition) is 2. The predicted molar refractivity (Wildman–Crippen MR) is 90.7 cm³/mol. The number of nitrogens with zero attached hydrogens (tertiary/aromatic N) is 1. The van der Waals surface area contributed by atoms with Gasteiger partial charge in [0, 0.05) is 13.0 Å². The van der Waals surface area contributed by atoms with Crippen molar-refractivity contribution in [1.82, 2.24) is 15.6 Å². The van der Waals surface area contributed by atoms with Crippen molar-refractivity contribution in [3.63, 3.8) is 0 Å². The van der Waals surface area contributed by atoms with Crippen molar-refractivity contribution in [2.24, 2.45) is 11.8 Å². The largest absolute Gasteiger partial charge is 0.351 e. The molecule has 1 aromatic heterocycles. The molecule has 3 rings (SSSR count). The Kier molecular flexibility index (Phi) is 5.64. The van der Waals surface area contributed by atoms with E-state index in [4.69, 9.17) is 0 Å². The molecular weight excluding hydrogens is 313 g/mol. The van der Waals surface area contributed by atoms with E-state index in [2.05, 4.69) is 15.6 Å². The van der Waals surface area contributed by atoms with Crippen LogP contribution in [0.4, 0.5) is 4.39 Å². The van der Waals surface area contributed by atoms with Crippen LogP contribution in [0.3, 0.4) is 0 Å². The normalized spacial score (nSPS) is 25.7. The second-order valence-corrected chi connectivity index (χ2v) is 7.99. The Morgan fingerprint density at radius 3 is 2.78 bits per heavy atom. The van der Waals surface area contributed by atoms with Crippen LogP contribution in [-0.2, 0) is 6.42 Å². The van der Waals surface area contributed by atoms with Crippen LogP contribution >= 0.6 is 11.3 Å². The van der Waals surface area contributed by atoms with E-state index in [1.807, 2.05) is 6.92 Å². The van der Waals surface area contributed by atoms with Gasteiger partial charge in [-0.3, -0.25) is 4.79 Å². The average molecular weight is 339 g/mol. The molecule has 2 atom stereocenters. The zero-order chi connectivity index (χ0) is 16.2. The highest BCUT2D eigenvalue weighted by Gasteiger charge is 2.25. The van der Waals surface area contributed by atoms with Crippen molar-refractivity contribution in [2.75, 3.05) is 19.6 Å². The molecule has 0 aromatic carbocycles. The smallest absolute Gasteiger partial charge is 0.263 e. The van der Waals surface area contributed by atoms with Gasteiger partial charge in [-0.15, -0.1) is 11.3 Å². The Balaban J connectivity index is 1.53. The second kappa shape index (κ2) is 7.71. The number of rotatable bonds is 5. The van der Waals surface area contributed by atoms with Crippen LogP contribution in [0.5, 0.6) is 0 Å². The fourth-order valence-corrected chi connectivity index (χ4v) is 4.70. The van der Waals surface area contributed by atoms with Gasteiger partial charge in [0.15, 0.2) is 0 Å². The summed E-state index contributed by atoms with van der Waals surface area (Å²) in [6, 6.07) is 0. The van der Waals surface area contributed by atoms with Crippen molar-refractivity contribution < 1.29 is 9.18 Å². The Morgan fingerprint density at radius 1 is 1.30 bits per heavy atom. The van der Waals surface area contributed by atoms with Crippen LogP contribution in [0.25, 0.3) is 0 Å². The summed E-state index contributed by atoms with van der Waals surface area (Å²) >= 11 is 1.53. The quantitative estimate of drug-likeness (QED) is 0.867. The van der Waals surface area contributed by atoms with E-state index in [1.165, 1.54) is 24.2 Å². The van der Waals surface area contributed by atoms with Gasteiger partial charge in [-0.25, -0.2) is 9.37 Å². The third-order valence-corrected chi connectivity index (χ3v) is 6.18. The number of carbonyl (C=O) groups is 1. The molecule has 2 aliphatic rings. The standard InChI is InChI=1S/C17H26FN3OS/c1-11-16(17(22)20-10-13-2-3-14(18)8-13)23-15(21-11)9-12-4-6-19-7-5-12/h12-14,19H,2-10H2,1H3,(H,20,22). The number of aryl methyl sites for hydroxylation is 1. The third kappa shape index (κ3) is 4.51. The van der Waals surface area contributed by atoms with E-state index in [0.29, 0.717) is 25.3 Å². The number of nitrogens with one attached hydrogen (secondary N) is 2. The number of hydrogen-bond acceptors (Lipinski definition) is 4. The molecule has 2 unspecified atom stereocenters. The SMILES string of the molecule is Cc1nc(CC2CCNCC2)sc1C(=O)NCC1CCC(F)C1. The summed E-state index contributed by atoms with van der Waals surface area (Å²) in [7, 11) is 0. The topological polar surface area (TPSA) is 54.0 Å². The minimum Gasteiger partial charge on any atom is -0.351 e. The molecule has 4 nitrogen and oxygen atoms in total.